The van der Waals surface area contributed by atoms with Crippen LogP contribution < -0.4 is 15.4 Å². The topological polar surface area (TPSA) is 50.4 Å². The van der Waals surface area contributed by atoms with E-state index in [-0.39, 0.29) is 17.5 Å². The van der Waals surface area contributed by atoms with Gasteiger partial charge in [0.1, 0.15) is 5.75 Å². The van der Waals surface area contributed by atoms with Crippen molar-refractivity contribution in [1.29, 1.82) is 0 Å². The quantitative estimate of drug-likeness (QED) is 0.328. The van der Waals surface area contributed by atoms with Gasteiger partial charge in [-0.2, -0.15) is 0 Å². The van der Waals surface area contributed by atoms with Gasteiger partial charge in [0.2, 0.25) is 0 Å². The number of hydrogen-bond donors (Lipinski definition) is 2. The van der Waals surface area contributed by atoms with Crippen LogP contribution >= 0.6 is 34.8 Å². The molecule has 1 aliphatic rings. The summed E-state index contributed by atoms with van der Waals surface area (Å²) in [5.74, 6) is 0.598. The van der Waals surface area contributed by atoms with Crippen molar-refractivity contribution in [2.45, 2.75) is 50.9 Å². The summed E-state index contributed by atoms with van der Waals surface area (Å²) in [5, 5.41) is 7.80. The molecule has 0 spiro atoms. The minimum atomic E-state index is -1.39. The predicted octanol–water partition coefficient (Wildman–Crippen LogP) is 7.28. The Morgan fingerprint density at radius 3 is 1.77 bits per heavy atom. The molecule has 2 N–H and O–H groups in total. The molecule has 1 heterocycles. The Labute approximate surface area is 221 Å². The highest BCUT2D eigenvalue weighted by atomic mass is 35.5. The van der Waals surface area contributed by atoms with Crippen LogP contribution in [-0.2, 0) is 15.9 Å². The lowest BCUT2D eigenvalue weighted by Gasteiger charge is -2.31. The van der Waals surface area contributed by atoms with Gasteiger partial charge < -0.3 is 4.74 Å². The third-order valence-electron chi connectivity index (χ3n) is 6.38. The van der Waals surface area contributed by atoms with E-state index >= 15 is 0 Å². The lowest BCUT2D eigenvalue weighted by molar-refractivity contribution is -0.118. The van der Waals surface area contributed by atoms with Gasteiger partial charge in [-0.3, -0.25) is 15.4 Å². The molecule has 1 unspecified atom stereocenters. The Kier molecular flexibility index (Phi) is 7.51. The fourth-order valence-electron chi connectivity index (χ4n) is 4.51. The Morgan fingerprint density at radius 1 is 0.886 bits per heavy atom. The predicted molar refractivity (Wildman–Crippen MR) is 144 cm³/mol. The number of benzene rings is 3. The van der Waals surface area contributed by atoms with Crippen molar-refractivity contribution in [3.63, 3.8) is 0 Å². The smallest absolute Gasteiger partial charge is 0.261 e. The van der Waals surface area contributed by atoms with E-state index in [1.165, 1.54) is 0 Å². The first-order chi connectivity index (χ1) is 16.5. The number of carbonyl (C=O) groups is 1. The monoisotopic (exact) mass is 530 g/mol. The highest BCUT2D eigenvalue weighted by molar-refractivity contribution is 6.65. The van der Waals surface area contributed by atoms with Crippen LogP contribution in [0.3, 0.4) is 0 Å². The molecule has 0 aliphatic carbocycles. The summed E-state index contributed by atoms with van der Waals surface area (Å²) in [6.45, 7) is 8.76. The van der Waals surface area contributed by atoms with Crippen LogP contribution in [-0.4, -0.2) is 11.8 Å². The van der Waals surface area contributed by atoms with Gasteiger partial charge in [-0.25, -0.2) is 0 Å². The second kappa shape index (κ2) is 10.1. The summed E-state index contributed by atoms with van der Waals surface area (Å²) >= 11 is 18.7. The van der Waals surface area contributed by atoms with Crippen molar-refractivity contribution in [2.75, 3.05) is 6.61 Å². The molecular formula is C28H29Cl3N2O2. The molecule has 3 aromatic rings. The van der Waals surface area contributed by atoms with Gasteiger partial charge in [0.05, 0.1) is 18.7 Å². The Hall–Kier alpha value is -2.08. The van der Waals surface area contributed by atoms with Crippen molar-refractivity contribution in [3.8, 4) is 5.75 Å². The minimum absolute atomic E-state index is 0.139. The van der Waals surface area contributed by atoms with Crippen LogP contribution in [0.4, 0.5) is 0 Å². The third-order valence-corrected chi connectivity index (χ3v) is 7.17. The van der Waals surface area contributed by atoms with E-state index in [9.17, 15) is 4.79 Å². The Morgan fingerprint density at radius 2 is 1.37 bits per heavy atom. The fourth-order valence-corrected chi connectivity index (χ4v) is 4.98. The highest BCUT2D eigenvalue weighted by Crippen LogP contribution is 2.45. The molecule has 0 amide bonds. The first-order valence-corrected chi connectivity index (χ1v) is 12.7. The molecule has 0 bridgehead atoms. The normalized spacial score (nSPS) is 22.3. The largest absolute Gasteiger partial charge is 0.493 e. The molecule has 4 nitrogen and oxygen atoms in total. The van der Waals surface area contributed by atoms with E-state index in [4.69, 9.17) is 39.5 Å². The lowest BCUT2D eigenvalue weighted by Crippen LogP contribution is -2.51. The second-order valence-corrected chi connectivity index (χ2v) is 11.0. The zero-order valence-corrected chi connectivity index (χ0v) is 22.4. The molecule has 4 rings (SSSR count). The molecule has 184 valence electrons. The summed E-state index contributed by atoms with van der Waals surface area (Å²) in [6, 6.07) is 20.5. The van der Waals surface area contributed by atoms with Crippen LogP contribution in [0, 0.1) is 0 Å². The zero-order valence-electron chi connectivity index (χ0n) is 20.2. The van der Waals surface area contributed by atoms with Gasteiger partial charge in [-0.1, -0.05) is 74.3 Å². The molecule has 1 saturated heterocycles. The Balaban J connectivity index is 1.91. The average Bonchev–Trinajstić information content (AvgIpc) is 3.22. The van der Waals surface area contributed by atoms with E-state index in [0.29, 0.717) is 28.0 Å². The first-order valence-electron chi connectivity index (χ1n) is 11.6. The third kappa shape index (κ3) is 5.23. The van der Waals surface area contributed by atoms with Gasteiger partial charge in [-0.15, -0.1) is 0 Å². The average molecular weight is 532 g/mol. The zero-order chi connectivity index (χ0) is 25.4. The number of halogens is 3. The van der Waals surface area contributed by atoms with Crippen molar-refractivity contribution < 1.29 is 9.53 Å². The van der Waals surface area contributed by atoms with Gasteiger partial charge in [-0.05, 0) is 77.0 Å². The number of carbonyl (C=O) groups excluding carboxylic acids is 1. The summed E-state index contributed by atoms with van der Waals surface area (Å²) in [5.41, 5.74) is 2.12. The summed E-state index contributed by atoms with van der Waals surface area (Å²) in [7, 11) is 0. The standard InChI is InChI=1S/C28H29Cl3N2O2/c1-5-35-23-15-10-19(27(2,3)4)16-22(23)28(26(31)34)32-24(17-6-11-20(29)12-7-17)25(33-28)18-8-13-21(30)14-9-18/h6-16,24-25,32-33H,5H2,1-4H3/t24-,25+,28?. The van der Waals surface area contributed by atoms with Crippen LogP contribution in [0.5, 0.6) is 5.75 Å². The van der Waals surface area contributed by atoms with Crippen LogP contribution in [0.1, 0.15) is 62.0 Å². The summed E-state index contributed by atoms with van der Waals surface area (Å²) in [4.78, 5) is 13.3. The highest BCUT2D eigenvalue weighted by Gasteiger charge is 2.52. The van der Waals surface area contributed by atoms with Crippen molar-refractivity contribution in [3.05, 3.63) is 99.0 Å². The fraction of sp³-hybridized carbons (Fsp3) is 0.321. The summed E-state index contributed by atoms with van der Waals surface area (Å²) in [6.07, 6.45) is 0. The minimum Gasteiger partial charge on any atom is -0.493 e. The molecule has 0 radical (unpaired) electrons. The van der Waals surface area contributed by atoms with E-state index in [1.807, 2.05) is 73.7 Å². The molecule has 0 aromatic heterocycles. The van der Waals surface area contributed by atoms with E-state index < -0.39 is 10.9 Å². The SMILES string of the molecule is CCOc1ccc(C(C)(C)C)cc1C1(C(=O)Cl)N[C@H](c2ccc(Cl)cc2)[C@H](c2ccc(Cl)cc2)N1. The number of hydrogen-bond acceptors (Lipinski definition) is 4. The maximum Gasteiger partial charge on any atom is 0.261 e. The maximum atomic E-state index is 13.3. The molecule has 35 heavy (non-hydrogen) atoms. The van der Waals surface area contributed by atoms with Crippen molar-refractivity contribution in [1.82, 2.24) is 10.6 Å². The van der Waals surface area contributed by atoms with E-state index in [1.54, 1.807) is 0 Å². The second-order valence-electron chi connectivity index (χ2n) is 9.76. The number of rotatable bonds is 6. The maximum absolute atomic E-state index is 13.3. The van der Waals surface area contributed by atoms with Crippen molar-refractivity contribution in [2.24, 2.45) is 0 Å². The molecule has 1 fully saturated rings. The molecular weight excluding hydrogens is 503 g/mol. The lowest BCUT2D eigenvalue weighted by atomic mass is 9.84. The number of nitrogens with one attached hydrogen (secondary N) is 2. The van der Waals surface area contributed by atoms with E-state index in [0.717, 1.165) is 16.7 Å². The van der Waals surface area contributed by atoms with Gasteiger partial charge in [0.15, 0.2) is 5.66 Å². The van der Waals surface area contributed by atoms with Crippen molar-refractivity contribution >= 4 is 40.0 Å². The number of ether oxygens (including phenoxy) is 1. The van der Waals surface area contributed by atoms with Crippen LogP contribution in [0.2, 0.25) is 10.0 Å². The van der Waals surface area contributed by atoms with Gasteiger partial charge in [0, 0.05) is 15.6 Å². The van der Waals surface area contributed by atoms with Crippen LogP contribution in [0.15, 0.2) is 66.7 Å². The molecule has 3 aromatic carbocycles. The molecule has 0 saturated carbocycles. The molecule has 1 aliphatic heterocycles. The first kappa shape index (κ1) is 26.0. The van der Waals surface area contributed by atoms with Gasteiger partial charge in [0.25, 0.3) is 5.24 Å². The molecule has 3 atom stereocenters. The van der Waals surface area contributed by atoms with Gasteiger partial charge >= 0.3 is 0 Å². The molecule has 7 heteroatoms. The summed E-state index contributed by atoms with van der Waals surface area (Å²) < 4.78 is 5.98. The van der Waals surface area contributed by atoms with Crippen LogP contribution in [0.25, 0.3) is 0 Å². The Bertz CT molecular complexity index is 1150. The van der Waals surface area contributed by atoms with E-state index in [2.05, 4.69) is 31.4 Å².